The van der Waals surface area contributed by atoms with Crippen molar-refractivity contribution >= 4 is 17.3 Å². The number of hydrogen-bond acceptors (Lipinski definition) is 4. The van der Waals surface area contributed by atoms with E-state index in [1.54, 1.807) is 11.3 Å². The molecule has 0 aliphatic carbocycles. The van der Waals surface area contributed by atoms with Gasteiger partial charge in [0.1, 0.15) is 5.01 Å². The third-order valence-electron chi connectivity index (χ3n) is 4.26. The summed E-state index contributed by atoms with van der Waals surface area (Å²) in [6, 6.07) is 0.528. The minimum atomic E-state index is 0.528. The van der Waals surface area contributed by atoms with Crippen LogP contribution in [0.25, 0.3) is 0 Å². The van der Waals surface area contributed by atoms with Crippen LogP contribution in [0.4, 0.5) is 0 Å². The van der Waals surface area contributed by atoms with Crippen molar-refractivity contribution in [3.8, 4) is 0 Å². The zero-order valence-corrected chi connectivity index (χ0v) is 15.8. The number of thiazole rings is 1. The van der Waals surface area contributed by atoms with Crippen LogP contribution in [0.2, 0.25) is 0 Å². The number of hydrogen-bond donors (Lipinski definition) is 2. The number of piperidine rings is 1. The van der Waals surface area contributed by atoms with Crippen LogP contribution in [0, 0.1) is 13.8 Å². The highest BCUT2D eigenvalue weighted by Crippen LogP contribution is 2.17. The summed E-state index contributed by atoms with van der Waals surface area (Å²) in [6.07, 6.45) is 3.63. The second-order valence-electron chi connectivity index (χ2n) is 6.20. The van der Waals surface area contributed by atoms with Crippen molar-refractivity contribution in [2.45, 2.75) is 59.5 Å². The number of aryl methyl sites for hydroxylation is 2. The number of aromatic nitrogens is 1. The van der Waals surface area contributed by atoms with Gasteiger partial charge in [-0.15, -0.1) is 11.3 Å². The van der Waals surface area contributed by atoms with Crippen molar-refractivity contribution in [3.05, 3.63) is 15.6 Å². The Hall–Kier alpha value is -1.14. The van der Waals surface area contributed by atoms with Crippen molar-refractivity contribution in [2.75, 3.05) is 26.2 Å². The average molecular weight is 338 g/mol. The predicted octanol–water partition coefficient (Wildman–Crippen LogP) is 2.69. The molecule has 5 nitrogen and oxygen atoms in total. The van der Waals surface area contributed by atoms with Gasteiger partial charge in [-0.05, 0) is 46.6 Å². The molecule has 0 saturated carbocycles. The number of likely N-dealkylation sites (tertiary alicyclic amines) is 1. The van der Waals surface area contributed by atoms with Gasteiger partial charge in [-0.3, -0.25) is 0 Å². The quantitative estimate of drug-likeness (QED) is 0.619. The van der Waals surface area contributed by atoms with E-state index in [1.165, 1.54) is 43.8 Å². The molecule has 6 heteroatoms. The lowest BCUT2D eigenvalue weighted by atomic mass is 10.1. The van der Waals surface area contributed by atoms with E-state index in [2.05, 4.69) is 48.2 Å². The van der Waals surface area contributed by atoms with Crippen LogP contribution >= 0.6 is 11.3 Å². The minimum Gasteiger partial charge on any atom is -0.357 e. The Morgan fingerprint density at radius 1 is 1.30 bits per heavy atom. The lowest BCUT2D eigenvalue weighted by molar-refractivity contribution is 0.206. The van der Waals surface area contributed by atoms with E-state index in [0.717, 1.165) is 23.2 Å². The van der Waals surface area contributed by atoms with E-state index in [1.807, 2.05) is 0 Å². The van der Waals surface area contributed by atoms with Gasteiger partial charge >= 0.3 is 0 Å². The van der Waals surface area contributed by atoms with Crippen LogP contribution in [0.1, 0.15) is 48.7 Å². The maximum absolute atomic E-state index is 4.72. The number of guanidine groups is 1. The lowest BCUT2D eigenvalue weighted by Gasteiger charge is -2.32. The van der Waals surface area contributed by atoms with Crippen LogP contribution in [0.3, 0.4) is 0 Å². The maximum Gasteiger partial charge on any atom is 0.191 e. The van der Waals surface area contributed by atoms with E-state index in [-0.39, 0.29) is 0 Å². The Labute approximate surface area is 144 Å². The van der Waals surface area contributed by atoms with Crippen LogP contribution in [-0.2, 0) is 6.54 Å². The van der Waals surface area contributed by atoms with Crippen molar-refractivity contribution in [3.63, 3.8) is 0 Å². The summed E-state index contributed by atoms with van der Waals surface area (Å²) in [5.74, 6) is 0.923. The third-order valence-corrected chi connectivity index (χ3v) is 5.32. The molecular formula is C17H31N5S. The highest BCUT2D eigenvalue weighted by Gasteiger charge is 2.19. The highest BCUT2D eigenvalue weighted by atomic mass is 32.1. The van der Waals surface area contributed by atoms with E-state index >= 15 is 0 Å². The molecule has 1 aromatic rings. The summed E-state index contributed by atoms with van der Waals surface area (Å²) in [5, 5.41) is 8.05. The fraction of sp³-hybridized carbons (Fsp3) is 0.765. The average Bonchev–Trinajstić information content (AvgIpc) is 2.86. The molecule has 130 valence electrons. The molecule has 2 rings (SSSR count). The van der Waals surface area contributed by atoms with E-state index in [9.17, 15) is 0 Å². The van der Waals surface area contributed by atoms with E-state index in [0.29, 0.717) is 12.6 Å². The smallest absolute Gasteiger partial charge is 0.191 e. The molecule has 0 unspecified atom stereocenters. The first-order valence-corrected chi connectivity index (χ1v) is 9.64. The summed E-state index contributed by atoms with van der Waals surface area (Å²) in [4.78, 5) is 13.1. The lowest BCUT2D eigenvalue weighted by Crippen LogP contribution is -2.48. The van der Waals surface area contributed by atoms with Crippen molar-refractivity contribution in [2.24, 2.45) is 4.99 Å². The molecule has 23 heavy (non-hydrogen) atoms. The van der Waals surface area contributed by atoms with Crippen molar-refractivity contribution < 1.29 is 0 Å². The van der Waals surface area contributed by atoms with Gasteiger partial charge in [0, 0.05) is 30.6 Å². The Morgan fingerprint density at radius 2 is 2.04 bits per heavy atom. The fourth-order valence-electron chi connectivity index (χ4n) is 2.88. The molecule has 1 fully saturated rings. The normalized spacial score (nSPS) is 17.5. The summed E-state index contributed by atoms with van der Waals surface area (Å²) < 4.78 is 0. The Balaban J connectivity index is 1.87. The topological polar surface area (TPSA) is 52.5 Å². The van der Waals surface area contributed by atoms with Gasteiger partial charge in [0.2, 0.25) is 0 Å². The zero-order valence-electron chi connectivity index (χ0n) is 15.0. The first-order valence-electron chi connectivity index (χ1n) is 8.82. The van der Waals surface area contributed by atoms with Gasteiger partial charge in [-0.2, -0.15) is 0 Å². The molecule has 0 spiro atoms. The summed E-state index contributed by atoms with van der Waals surface area (Å²) >= 11 is 1.75. The monoisotopic (exact) mass is 337 g/mol. The SMILES string of the molecule is CCCN1CCC(NC(=NCc2nc(C)c(C)s2)NCC)CC1. The van der Waals surface area contributed by atoms with Gasteiger partial charge in [-0.25, -0.2) is 9.98 Å². The van der Waals surface area contributed by atoms with Crippen LogP contribution in [0.5, 0.6) is 0 Å². The summed E-state index contributed by atoms with van der Waals surface area (Å²) in [5.41, 5.74) is 1.13. The first kappa shape index (κ1) is 18.2. The van der Waals surface area contributed by atoms with Gasteiger partial charge in [0.15, 0.2) is 5.96 Å². The Kier molecular flexibility index (Phi) is 7.30. The summed E-state index contributed by atoms with van der Waals surface area (Å²) in [7, 11) is 0. The molecule has 0 atom stereocenters. The summed E-state index contributed by atoms with van der Waals surface area (Å²) in [6.45, 7) is 13.7. The number of nitrogens with one attached hydrogen (secondary N) is 2. The Morgan fingerprint density at radius 3 is 2.61 bits per heavy atom. The second kappa shape index (κ2) is 9.23. The van der Waals surface area contributed by atoms with Gasteiger partial charge in [0.25, 0.3) is 0 Å². The van der Waals surface area contributed by atoms with Crippen molar-refractivity contribution in [1.29, 1.82) is 0 Å². The largest absolute Gasteiger partial charge is 0.357 e. The standard InChI is InChI=1S/C17H31N5S/c1-5-9-22-10-7-15(8-11-22)21-17(18-6-2)19-12-16-20-13(3)14(4)23-16/h15H,5-12H2,1-4H3,(H2,18,19,21). The number of rotatable bonds is 6. The molecule has 0 amide bonds. The molecule has 2 N–H and O–H groups in total. The fourth-order valence-corrected chi connectivity index (χ4v) is 3.74. The van der Waals surface area contributed by atoms with Crippen molar-refractivity contribution in [1.82, 2.24) is 20.5 Å². The molecule has 2 heterocycles. The molecule has 1 aromatic heterocycles. The second-order valence-corrected chi connectivity index (χ2v) is 7.49. The number of aliphatic imine (C=N–C) groups is 1. The minimum absolute atomic E-state index is 0.528. The molecule has 0 aromatic carbocycles. The van der Waals surface area contributed by atoms with E-state index in [4.69, 9.17) is 4.99 Å². The Bertz CT molecular complexity index is 484. The number of nitrogens with zero attached hydrogens (tertiary/aromatic N) is 3. The third kappa shape index (κ3) is 5.77. The molecule has 0 radical (unpaired) electrons. The molecule has 1 aliphatic heterocycles. The molecule has 1 aliphatic rings. The van der Waals surface area contributed by atoms with Crippen LogP contribution in [0.15, 0.2) is 4.99 Å². The molecule has 0 bridgehead atoms. The van der Waals surface area contributed by atoms with Crippen LogP contribution < -0.4 is 10.6 Å². The maximum atomic E-state index is 4.72. The highest BCUT2D eigenvalue weighted by molar-refractivity contribution is 7.11. The van der Waals surface area contributed by atoms with Gasteiger partial charge < -0.3 is 15.5 Å². The molecule has 1 saturated heterocycles. The van der Waals surface area contributed by atoms with Gasteiger partial charge in [0.05, 0.1) is 12.2 Å². The first-order chi connectivity index (χ1) is 11.1. The molecular weight excluding hydrogens is 306 g/mol. The predicted molar refractivity (Wildman–Crippen MR) is 99.3 cm³/mol. The van der Waals surface area contributed by atoms with Gasteiger partial charge in [-0.1, -0.05) is 6.92 Å². The zero-order chi connectivity index (χ0) is 16.7. The van der Waals surface area contributed by atoms with E-state index < -0.39 is 0 Å². The van der Waals surface area contributed by atoms with Crippen LogP contribution in [-0.4, -0.2) is 48.1 Å².